The molecule has 0 spiro atoms. The summed E-state index contributed by atoms with van der Waals surface area (Å²) in [5.74, 6) is 1.08. The van der Waals surface area contributed by atoms with E-state index in [4.69, 9.17) is 40.0 Å². The number of hydrogen-bond donors (Lipinski definition) is 0. The molecule has 4 saturated heterocycles. The van der Waals surface area contributed by atoms with Gasteiger partial charge in [-0.2, -0.15) is 0 Å². The predicted molar refractivity (Wildman–Crippen MR) is 313 cm³/mol. The Morgan fingerprint density at radius 3 is 0.365 bits per heavy atom. The fourth-order valence-corrected chi connectivity index (χ4v) is 103. The maximum atomic E-state index is 6.69. The van der Waals surface area contributed by atoms with Crippen LogP contribution in [0.2, 0.25) is 52.4 Å². The monoisotopic (exact) mass is 1320 g/mol. The summed E-state index contributed by atoms with van der Waals surface area (Å²) in [6, 6.07) is 0. The zero-order chi connectivity index (χ0) is 51.6. The van der Waals surface area contributed by atoms with Gasteiger partial charge in [0.2, 0.25) is 0 Å². The van der Waals surface area contributed by atoms with Gasteiger partial charge < -0.3 is 0 Å². The average Bonchev–Trinajstić information content (AvgIpc) is 2.85. The zero-order valence-corrected chi connectivity index (χ0v) is 64.7. The van der Waals surface area contributed by atoms with E-state index in [9.17, 15) is 0 Å². The molecule has 0 N–H and O–H groups in total. The molecule has 0 amide bonds. The fraction of sp³-hybridized carbons (Fsp3) is 1.00. The van der Waals surface area contributed by atoms with Crippen LogP contribution < -0.4 is 0 Å². The molecular formula is C41H102Cl4Ge4N8P2Si4. The molecule has 4 radical (unpaired) electrons. The van der Waals surface area contributed by atoms with E-state index in [1.807, 2.05) is 0 Å². The molecular weight excluding hydrogens is 1210 g/mol. The minimum absolute atomic E-state index is 0.245. The Morgan fingerprint density at radius 2 is 0.333 bits per heavy atom. The first kappa shape index (κ1) is 67.7. The summed E-state index contributed by atoms with van der Waals surface area (Å²) in [5.41, 5.74) is 1.96. The Kier molecular flexibility index (Phi) is 24.0. The fourth-order valence-electron chi connectivity index (χ4n) is 11.2. The van der Waals surface area contributed by atoms with Gasteiger partial charge in [-0.1, -0.05) is 0 Å². The molecule has 4 heterocycles. The van der Waals surface area contributed by atoms with Crippen molar-refractivity contribution in [1.82, 2.24) is 28.2 Å². The van der Waals surface area contributed by atoms with Crippen molar-refractivity contribution >= 4 is 148 Å². The van der Waals surface area contributed by atoms with Gasteiger partial charge in [0.05, 0.1) is 0 Å². The van der Waals surface area contributed by atoms with Crippen LogP contribution in [0.25, 0.3) is 0 Å². The molecule has 63 heavy (non-hydrogen) atoms. The van der Waals surface area contributed by atoms with Crippen molar-refractivity contribution in [3.05, 3.63) is 0 Å². The minimum atomic E-state index is -1.66. The molecule has 0 aromatic carbocycles. The Balaban J connectivity index is 0.000000796. The van der Waals surface area contributed by atoms with Crippen molar-refractivity contribution in [2.75, 3.05) is 5.90 Å². The topological polar surface area (TPSA) is 25.9 Å². The summed E-state index contributed by atoms with van der Waals surface area (Å²) in [7, 11) is 26.1. The quantitative estimate of drug-likeness (QED) is 0.175. The average molecular weight is 1310 g/mol. The summed E-state index contributed by atoms with van der Waals surface area (Å²) in [5, 5.41) is 0. The summed E-state index contributed by atoms with van der Waals surface area (Å²) in [6.45, 7) is 74.3. The van der Waals surface area contributed by atoms with Gasteiger partial charge in [0.15, 0.2) is 0 Å². The molecule has 0 aromatic rings. The third-order valence-electron chi connectivity index (χ3n) is 11.2. The maximum absolute atomic E-state index is 6.69. The molecule has 0 aliphatic carbocycles. The zero-order valence-electron chi connectivity index (χ0n) is 47.0. The van der Waals surface area contributed by atoms with Crippen LogP contribution in [0.15, 0.2) is 0 Å². The van der Waals surface area contributed by atoms with Crippen molar-refractivity contribution in [2.45, 2.75) is 263 Å². The molecule has 4 fully saturated rings. The second kappa shape index (κ2) is 22.3. The molecule has 2 unspecified atom stereocenters. The number of halogens is 4. The minimum Gasteiger partial charge on any atom is -0.134 e. The second-order valence-corrected chi connectivity index (χ2v) is 71.3. The molecule has 2 atom stereocenters. The van der Waals surface area contributed by atoms with E-state index in [1.54, 1.807) is 0 Å². The first-order chi connectivity index (χ1) is 27.0. The standard InChI is InChI=1S/4C10H24ClGeN2Si.CH6P2/c4*1-9(2,3)13-12(11)14(10(4,5)6)15(13,7)8;2-1-3/h4*1-8H3;1-3H2. The van der Waals surface area contributed by atoms with E-state index in [1.165, 1.54) is 0 Å². The molecule has 376 valence electrons. The summed E-state index contributed by atoms with van der Waals surface area (Å²) in [6.07, 6.45) is 0. The van der Waals surface area contributed by atoms with Gasteiger partial charge >= 0.3 is 420 Å². The number of hydrogen-bond acceptors (Lipinski definition) is 8. The van der Waals surface area contributed by atoms with Crippen LogP contribution in [0.4, 0.5) is 0 Å². The van der Waals surface area contributed by atoms with Crippen LogP contribution in [-0.4, -0.2) is 167 Å². The molecule has 4 rings (SSSR count). The van der Waals surface area contributed by atoms with Crippen LogP contribution >= 0.6 is 58.5 Å². The van der Waals surface area contributed by atoms with Gasteiger partial charge in [-0.25, -0.2) is 0 Å². The van der Waals surface area contributed by atoms with Gasteiger partial charge in [0.25, 0.3) is 0 Å². The Labute approximate surface area is 439 Å². The summed E-state index contributed by atoms with van der Waals surface area (Å²) < 4.78 is 21.3. The van der Waals surface area contributed by atoms with Crippen molar-refractivity contribution in [3.63, 3.8) is 0 Å². The Bertz CT molecular complexity index is 1180. The van der Waals surface area contributed by atoms with Gasteiger partial charge in [-0.3, -0.25) is 0 Å². The molecule has 8 nitrogen and oxygen atoms in total. The molecule has 4 aliphatic heterocycles. The first-order valence-corrected chi connectivity index (χ1v) is 54.7. The predicted octanol–water partition coefficient (Wildman–Crippen LogP) is 13.2. The molecule has 0 bridgehead atoms. The number of rotatable bonds is 0. The second-order valence-electron chi connectivity index (χ2n) is 27.3. The van der Waals surface area contributed by atoms with E-state index in [0.29, 0.717) is 0 Å². The SMILES string of the molecule is CC(C)(C)[N]1[Ge]([Cl])[N](C(C)(C)C)[Si]1(C)C.CC(C)(C)[N]1[Ge]([Cl])[N](C(C)(C)C)[Si]1(C)C.CC(C)(C)[N]1[Ge]([Cl])[N](C(C)(C)C)[Si]1(C)C.CC(C)(C)[N]1[Ge]([Cl])[N](C(C)(C)C)[Si]1(C)C.PCP. The van der Waals surface area contributed by atoms with Crippen LogP contribution in [0.3, 0.4) is 0 Å². The van der Waals surface area contributed by atoms with E-state index >= 15 is 0 Å². The van der Waals surface area contributed by atoms with Crippen molar-refractivity contribution in [2.24, 2.45) is 0 Å². The van der Waals surface area contributed by atoms with Gasteiger partial charge in [0.1, 0.15) is 0 Å². The van der Waals surface area contributed by atoms with Crippen molar-refractivity contribution in [1.29, 1.82) is 0 Å². The van der Waals surface area contributed by atoms with E-state index in [-0.39, 0.29) is 44.3 Å². The van der Waals surface area contributed by atoms with E-state index < -0.39 is 89.0 Å². The third-order valence-corrected chi connectivity index (χ3v) is 92.1. The first-order valence-electron chi connectivity index (χ1n) is 22.9. The third kappa shape index (κ3) is 15.9. The van der Waals surface area contributed by atoms with Gasteiger partial charge in [0, 0.05) is 0 Å². The van der Waals surface area contributed by atoms with E-state index in [0.717, 1.165) is 5.90 Å². The van der Waals surface area contributed by atoms with E-state index in [2.05, 4.69) is 265 Å². The molecule has 22 heteroatoms. The molecule has 0 saturated carbocycles. The van der Waals surface area contributed by atoms with Crippen LogP contribution in [0, 0.1) is 0 Å². The maximum Gasteiger partial charge on any atom is -0.0231 e. The smallest absolute Gasteiger partial charge is 0.0231 e. The van der Waals surface area contributed by atoms with Crippen molar-refractivity contribution < 1.29 is 0 Å². The van der Waals surface area contributed by atoms with Crippen LogP contribution in [0.5, 0.6) is 0 Å². The normalized spacial score (nSPS) is 24.5. The number of nitrogens with zero attached hydrogens (tertiary/aromatic N) is 8. The largest absolute Gasteiger partial charge is 0.134 e. The Morgan fingerprint density at radius 1 is 0.270 bits per heavy atom. The molecule has 0 aromatic heterocycles. The van der Waals surface area contributed by atoms with Crippen LogP contribution in [0.1, 0.15) is 166 Å². The van der Waals surface area contributed by atoms with Gasteiger partial charge in [-0.05, 0) is 5.90 Å². The van der Waals surface area contributed by atoms with Gasteiger partial charge in [-0.15, -0.1) is 18.5 Å². The Hall–Kier alpha value is 4.74. The molecule has 4 aliphatic rings. The van der Waals surface area contributed by atoms with Crippen molar-refractivity contribution in [3.8, 4) is 0 Å². The summed E-state index contributed by atoms with van der Waals surface area (Å²) in [4.78, 5) is 0. The summed E-state index contributed by atoms with van der Waals surface area (Å²) >= 11 is -6.64. The van der Waals surface area contributed by atoms with Crippen LogP contribution in [-0.2, 0) is 0 Å².